The van der Waals surface area contributed by atoms with E-state index >= 15 is 0 Å². The Balaban J connectivity index is 1.93. The fourth-order valence-corrected chi connectivity index (χ4v) is 3.46. The molecule has 5 nitrogen and oxygen atoms in total. The molecule has 22 heavy (non-hydrogen) atoms. The van der Waals surface area contributed by atoms with Gasteiger partial charge < -0.3 is 15.1 Å². The summed E-state index contributed by atoms with van der Waals surface area (Å²) < 4.78 is 0. The van der Waals surface area contributed by atoms with Crippen molar-refractivity contribution in [2.75, 3.05) is 38.8 Å². The van der Waals surface area contributed by atoms with Crippen LogP contribution in [0, 0.1) is 0 Å². The summed E-state index contributed by atoms with van der Waals surface area (Å²) >= 11 is 7.77. The number of halogens is 1. The number of hydrogen-bond acceptors (Lipinski definition) is 4. The molecule has 1 N–H and O–H groups in total. The van der Waals surface area contributed by atoms with Crippen LogP contribution in [0.4, 0.5) is 0 Å². The molecule has 0 radical (unpaired) electrons. The van der Waals surface area contributed by atoms with Gasteiger partial charge in [-0.05, 0) is 25.7 Å². The largest absolute Gasteiger partial charge is 0.353 e. The first kappa shape index (κ1) is 17.1. The van der Waals surface area contributed by atoms with Gasteiger partial charge in [-0.3, -0.25) is 9.59 Å². The normalized spacial score (nSPS) is 16.2. The molecule has 2 rings (SSSR count). The smallest absolute Gasteiger partial charge is 0.239 e. The Morgan fingerprint density at radius 3 is 2.77 bits per heavy atom. The number of thioether (sulfide) groups is 1. The lowest BCUT2D eigenvalue weighted by molar-refractivity contribution is -0.132. The van der Waals surface area contributed by atoms with Gasteiger partial charge in [0.2, 0.25) is 11.8 Å². The summed E-state index contributed by atoms with van der Waals surface area (Å²) in [4.78, 5) is 27.1. The van der Waals surface area contributed by atoms with Crippen molar-refractivity contribution in [3.63, 3.8) is 0 Å². The Bertz CT molecular complexity index is 553. The Kier molecular flexibility index (Phi) is 6.11. The van der Waals surface area contributed by atoms with Gasteiger partial charge in [-0.15, -0.1) is 11.8 Å². The Labute approximate surface area is 140 Å². The molecule has 0 aliphatic carbocycles. The maximum absolute atomic E-state index is 12.0. The predicted octanol–water partition coefficient (Wildman–Crippen LogP) is 1.59. The molecule has 1 aromatic carbocycles. The average Bonchev–Trinajstić information content (AvgIpc) is 2.86. The maximum Gasteiger partial charge on any atom is 0.239 e. The second-order valence-corrected chi connectivity index (χ2v) is 6.74. The van der Waals surface area contributed by atoms with Crippen LogP contribution in [-0.4, -0.2) is 60.4 Å². The van der Waals surface area contributed by atoms with Gasteiger partial charge >= 0.3 is 0 Å². The van der Waals surface area contributed by atoms with E-state index in [9.17, 15) is 9.59 Å². The van der Waals surface area contributed by atoms with Gasteiger partial charge in [-0.1, -0.05) is 29.8 Å². The lowest BCUT2D eigenvalue weighted by atomic mass is 10.1. The van der Waals surface area contributed by atoms with Crippen molar-refractivity contribution >= 4 is 35.2 Å². The van der Waals surface area contributed by atoms with E-state index in [1.54, 1.807) is 4.90 Å². The third-order valence-electron chi connectivity index (χ3n) is 3.54. The van der Waals surface area contributed by atoms with Crippen LogP contribution in [0.15, 0.2) is 24.3 Å². The molecule has 1 unspecified atom stereocenters. The molecule has 0 spiro atoms. The Morgan fingerprint density at radius 2 is 2.18 bits per heavy atom. The Morgan fingerprint density at radius 1 is 1.45 bits per heavy atom. The summed E-state index contributed by atoms with van der Waals surface area (Å²) in [6.07, 6.45) is 0. The molecule has 1 atom stereocenters. The highest BCUT2D eigenvalue weighted by atomic mass is 35.5. The molecule has 1 aromatic rings. The monoisotopic (exact) mass is 341 g/mol. The minimum Gasteiger partial charge on any atom is -0.353 e. The zero-order chi connectivity index (χ0) is 16.1. The highest BCUT2D eigenvalue weighted by molar-refractivity contribution is 8.00. The molecule has 2 amide bonds. The maximum atomic E-state index is 12.0. The number of benzene rings is 1. The molecular formula is C15H20ClN3O2S. The van der Waals surface area contributed by atoms with Gasteiger partial charge in [-0.2, -0.15) is 0 Å². The highest BCUT2D eigenvalue weighted by Crippen LogP contribution is 2.25. The minimum atomic E-state index is -0.144. The quantitative estimate of drug-likeness (QED) is 0.853. The van der Waals surface area contributed by atoms with Crippen LogP contribution in [0.25, 0.3) is 0 Å². The third-order valence-corrected chi connectivity index (χ3v) is 4.83. The fraction of sp³-hybridized carbons (Fsp3) is 0.467. The molecule has 0 aromatic heterocycles. The Hall–Kier alpha value is -1.24. The molecule has 7 heteroatoms. The first-order valence-electron chi connectivity index (χ1n) is 7.02. The number of rotatable bonds is 6. The first-order valence-corrected chi connectivity index (χ1v) is 8.55. The third kappa shape index (κ3) is 4.38. The van der Waals surface area contributed by atoms with E-state index in [0.717, 1.165) is 5.56 Å². The highest BCUT2D eigenvalue weighted by Gasteiger charge is 2.24. The topological polar surface area (TPSA) is 52.7 Å². The van der Waals surface area contributed by atoms with E-state index in [0.29, 0.717) is 23.2 Å². The van der Waals surface area contributed by atoms with Gasteiger partial charge in [0.25, 0.3) is 0 Å². The summed E-state index contributed by atoms with van der Waals surface area (Å²) in [5.41, 5.74) is 0.974. The summed E-state index contributed by atoms with van der Waals surface area (Å²) in [6.45, 7) is 0.569. The molecule has 1 heterocycles. The van der Waals surface area contributed by atoms with E-state index in [4.69, 9.17) is 11.6 Å². The summed E-state index contributed by atoms with van der Waals surface area (Å²) in [7, 11) is 3.89. The molecule has 1 aliphatic heterocycles. The minimum absolute atomic E-state index is 0.0127. The number of hydrogen-bond donors (Lipinski definition) is 1. The van der Waals surface area contributed by atoms with Crippen molar-refractivity contribution in [2.45, 2.75) is 6.04 Å². The SMILES string of the molecule is CN(C)C(CNC(=O)CN1CSCC1=O)c1ccccc1Cl. The second kappa shape index (κ2) is 7.85. The number of likely N-dealkylation sites (N-methyl/N-ethyl adjacent to an activating group) is 1. The van der Waals surface area contributed by atoms with E-state index in [1.165, 1.54) is 11.8 Å². The molecule has 0 bridgehead atoms. The number of nitrogens with one attached hydrogen (secondary N) is 1. The first-order chi connectivity index (χ1) is 10.5. The van der Waals surface area contributed by atoms with E-state index < -0.39 is 0 Å². The molecule has 1 saturated heterocycles. The van der Waals surface area contributed by atoms with Crippen LogP contribution in [0.5, 0.6) is 0 Å². The number of carbonyl (C=O) groups excluding carboxylic acids is 2. The van der Waals surface area contributed by atoms with Crippen LogP contribution in [-0.2, 0) is 9.59 Å². The van der Waals surface area contributed by atoms with E-state index in [-0.39, 0.29) is 24.4 Å². The predicted molar refractivity (Wildman–Crippen MR) is 89.9 cm³/mol. The van der Waals surface area contributed by atoms with Crippen LogP contribution >= 0.6 is 23.4 Å². The zero-order valence-corrected chi connectivity index (χ0v) is 14.3. The average molecular weight is 342 g/mol. The van der Waals surface area contributed by atoms with Crippen LogP contribution in [0.3, 0.4) is 0 Å². The van der Waals surface area contributed by atoms with Crippen molar-refractivity contribution in [1.29, 1.82) is 0 Å². The molecule has 120 valence electrons. The van der Waals surface area contributed by atoms with Gasteiger partial charge in [0.05, 0.1) is 17.7 Å². The van der Waals surface area contributed by atoms with Crippen molar-refractivity contribution in [1.82, 2.24) is 15.1 Å². The summed E-state index contributed by atoms with van der Waals surface area (Å²) in [5.74, 6) is 0.936. The zero-order valence-electron chi connectivity index (χ0n) is 12.7. The number of nitrogens with zero attached hydrogens (tertiary/aromatic N) is 2. The van der Waals surface area contributed by atoms with Gasteiger partial charge in [0.1, 0.15) is 6.54 Å². The fourth-order valence-electron chi connectivity index (χ4n) is 2.30. The summed E-state index contributed by atoms with van der Waals surface area (Å²) in [5, 5.41) is 3.58. The van der Waals surface area contributed by atoms with Crippen LogP contribution in [0.1, 0.15) is 11.6 Å². The molecular weight excluding hydrogens is 322 g/mol. The van der Waals surface area contributed by atoms with Crippen LogP contribution in [0.2, 0.25) is 5.02 Å². The van der Waals surface area contributed by atoms with Gasteiger partial charge in [-0.25, -0.2) is 0 Å². The van der Waals surface area contributed by atoms with Crippen molar-refractivity contribution in [3.8, 4) is 0 Å². The van der Waals surface area contributed by atoms with Gasteiger partial charge in [0, 0.05) is 11.6 Å². The standard InChI is InChI=1S/C15H20ClN3O2S/c1-18(2)13(11-5-3-4-6-12(11)16)7-17-14(20)8-19-10-22-9-15(19)21/h3-6,13H,7-10H2,1-2H3,(H,17,20). The molecule has 1 fully saturated rings. The lowest BCUT2D eigenvalue weighted by Gasteiger charge is -2.26. The van der Waals surface area contributed by atoms with Crippen LogP contribution < -0.4 is 5.32 Å². The van der Waals surface area contributed by atoms with Crippen molar-refractivity contribution in [3.05, 3.63) is 34.9 Å². The number of carbonyl (C=O) groups is 2. The van der Waals surface area contributed by atoms with Crippen molar-refractivity contribution in [2.24, 2.45) is 0 Å². The van der Waals surface area contributed by atoms with Crippen molar-refractivity contribution < 1.29 is 9.59 Å². The van der Waals surface area contributed by atoms with E-state index in [1.807, 2.05) is 43.3 Å². The molecule has 0 saturated carbocycles. The summed E-state index contributed by atoms with van der Waals surface area (Å²) in [6, 6.07) is 7.60. The van der Waals surface area contributed by atoms with Gasteiger partial charge in [0.15, 0.2) is 0 Å². The lowest BCUT2D eigenvalue weighted by Crippen LogP contribution is -2.41. The number of amides is 2. The second-order valence-electron chi connectivity index (χ2n) is 5.37. The van der Waals surface area contributed by atoms with E-state index in [2.05, 4.69) is 5.32 Å². The molecule has 1 aliphatic rings.